The first kappa shape index (κ1) is 14.3. The van der Waals surface area contributed by atoms with E-state index in [2.05, 4.69) is 27.9 Å². The average Bonchev–Trinajstić information content (AvgIpc) is 2.49. The molecule has 20 heavy (non-hydrogen) atoms. The van der Waals surface area contributed by atoms with E-state index in [1.165, 1.54) is 6.33 Å². The quantitative estimate of drug-likeness (QED) is 0.853. The second kappa shape index (κ2) is 6.36. The molecule has 1 N–H and O–H groups in total. The van der Waals surface area contributed by atoms with E-state index in [1.807, 2.05) is 12.2 Å². The number of aliphatic hydroxyl groups is 1. The van der Waals surface area contributed by atoms with Crippen molar-refractivity contribution in [1.29, 1.82) is 0 Å². The summed E-state index contributed by atoms with van der Waals surface area (Å²) in [6.07, 6.45) is 9.36. The largest absolute Gasteiger partial charge is 0.464 e. The highest BCUT2D eigenvalue weighted by Gasteiger charge is 2.29. The molecule has 0 radical (unpaired) electrons. The molecule has 4 nitrogen and oxygen atoms in total. The minimum atomic E-state index is -1.14. The molecule has 0 aromatic carbocycles. The van der Waals surface area contributed by atoms with Gasteiger partial charge in [-0.15, -0.1) is 5.92 Å². The molecular formula is C16H18N2O2. The number of rotatable bonds is 4. The molecule has 0 bridgehead atoms. The number of ether oxygens (including phenoxy) is 1. The number of hydrogen-bond acceptors (Lipinski definition) is 4. The molecule has 1 heterocycles. The van der Waals surface area contributed by atoms with Gasteiger partial charge in [0.1, 0.15) is 11.9 Å². The van der Waals surface area contributed by atoms with Crippen LogP contribution < -0.4 is 4.74 Å². The molecule has 4 heteroatoms. The molecule has 1 aromatic heterocycles. The highest BCUT2D eigenvalue weighted by Crippen LogP contribution is 2.31. The summed E-state index contributed by atoms with van der Waals surface area (Å²) in [6, 6.07) is 1.65. The molecule has 1 atom stereocenters. The fraction of sp³-hybridized carbons (Fsp3) is 0.375. The van der Waals surface area contributed by atoms with Gasteiger partial charge in [0.15, 0.2) is 6.61 Å². The van der Waals surface area contributed by atoms with Crippen LogP contribution in [0, 0.1) is 11.8 Å². The van der Waals surface area contributed by atoms with Gasteiger partial charge in [-0.3, -0.25) is 0 Å². The van der Waals surface area contributed by atoms with Gasteiger partial charge in [-0.25, -0.2) is 9.97 Å². The summed E-state index contributed by atoms with van der Waals surface area (Å²) in [4.78, 5) is 8.18. The van der Waals surface area contributed by atoms with Gasteiger partial charge in [0.2, 0.25) is 5.88 Å². The summed E-state index contributed by atoms with van der Waals surface area (Å²) in [7, 11) is 0. The predicted molar refractivity (Wildman–Crippen MR) is 77.0 cm³/mol. The Morgan fingerprint density at radius 2 is 2.25 bits per heavy atom. The standard InChI is InChI=1S/C16H18N2O2/c1-3-4-10-20-15-11-14(17-12-18-15)16(2,19)13-8-6-5-7-9-13/h6,8-9,11-12,19H,5,7,10H2,1-2H3. The maximum atomic E-state index is 10.7. The summed E-state index contributed by atoms with van der Waals surface area (Å²) in [5, 5.41) is 10.7. The van der Waals surface area contributed by atoms with E-state index in [9.17, 15) is 5.11 Å². The Morgan fingerprint density at radius 3 is 2.95 bits per heavy atom. The molecule has 104 valence electrons. The third-order valence-electron chi connectivity index (χ3n) is 3.17. The van der Waals surface area contributed by atoms with Crippen LogP contribution in [0.15, 0.2) is 36.2 Å². The van der Waals surface area contributed by atoms with Crippen molar-refractivity contribution in [3.63, 3.8) is 0 Å². The highest BCUT2D eigenvalue weighted by molar-refractivity contribution is 5.37. The van der Waals surface area contributed by atoms with Crippen molar-refractivity contribution in [2.75, 3.05) is 6.61 Å². The van der Waals surface area contributed by atoms with Crippen LogP contribution in [0.25, 0.3) is 0 Å². The lowest BCUT2D eigenvalue weighted by Gasteiger charge is -2.25. The third-order valence-corrected chi connectivity index (χ3v) is 3.17. The van der Waals surface area contributed by atoms with E-state index in [1.54, 1.807) is 19.9 Å². The van der Waals surface area contributed by atoms with Crippen LogP contribution in [0.5, 0.6) is 5.88 Å². The van der Waals surface area contributed by atoms with Gasteiger partial charge >= 0.3 is 0 Å². The summed E-state index contributed by atoms with van der Waals surface area (Å²) in [6.45, 7) is 3.76. The van der Waals surface area contributed by atoms with E-state index in [0.29, 0.717) is 11.6 Å². The molecule has 2 rings (SSSR count). The van der Waals surface area contributed by atoms with E-state index >= 15 is 0 Å². The van der Waals surface area contributed by atoms with Crippen LogP contribution in [0.2, 0.25) is 0 Å². The van der Waals surface area contributed by atoms with Gasteiger partial charge < -0.3 is 9.84 Å². The maximum absolute atomic E-state index is 10.7. The van der Waals surface area contributed by atoms with Gasteiger partial charge in [0, 0.05) is 6.07 Å². The topological polar surface area (TPSA) is 55.2 Å². The smallest absolute Gasteiger partial charge is 0.217 e. The zero-order valence-electron chi connectivity index (χ0n) is 11.8. The van der Waals surface area contributed by atoms with Crippen LogP contribution in [-0.2, 0) is 5.60 Å². The molecule has 0 spiro atoms. The summed E-state index contributed by atoms with van der Waals surface area (Å²) >= 11 is 0. The summed E-state index contributed by atoms with van der Waals surface area (Å²) in [5.41, 5.74) is 0.223. The van der Waals surface area contributed by atoms with Crippen LogP contribution in [0.4, 0.5) is 0 Å². The molecule has 1 aliphatic carbocycles. The Bertz CT molecular complexity index is 592. The Kier molecular flexibility index (Phi) is 4.54. The average molecular weight is 270 g/mol. The minimum Gasteiger partial charge on any atom is -0.464 e. The molecule has 1 unspecified atom stereocenters. The molecule has 1 aliphatic rings. The predicted octanol–water partition coefficient (Wildman–Crippen LogP) is 2.36. The van der Waals surface area contributed by atoms with Crippen molar-refractivity contribution in [3.05, 3.63) is 41.9 Å². The monoisotopic (exact) mass is 270 g/mol. The zero-order chi connectivity index (χ0) is 14.4. The highest BCUT2D eigenvalue weighted by atomic mass is 16.5. The second-order valence-electron chi connectivity index (χ2n) is 4.67. The van der Waals surface area contributed by atoms with Crippen LogP contribution in [0.1, 0.15) is 32.4 Å². The summed E-state index contributed by atoms with van der Waals surface area (Å²) < 4.78 is 5.40. The molecule has 0 saturated carbocycles. The number of aromatic nitrogens is 2. The molecular weight excluding hydrogens is 252 g/mol. The van der Waals surface area contributed by atoms with E-state index in [0.717, 1.165) is 18.4 Å². The maximum Gasteiger partial charge on any atom is 0.217 e. The Balaban J connectivity index is 2.22. The lowest BCUT2D eigenvalue weighted by molar-refractivity contribution is 0.0952. The molecule has 1 aromatic rings. The third kappa shape index (κ3) is 3.25. The number of hydrogen-bond donors (Lipinski definition) is 1. The fourth-order valence-corrected chi connectivity index (χ4v) is 1.99. The van der Waals surface area contributed by atoms with Crippen LogP contribution >= 0.6 is 0 Å². The Labute approximate surface area is 119 Å². The molecule has 0 fully saturated rings. The number of allylic oxidation sites excluding steroid dienone is 2. The van der Waals surface area contributed by atoms with Gasteiger partial charge in [-0.05, 0) is 32.3 Å². The van der Waals surface area contributed by atoms with Crippen molar-refractivity contribution in [2.45, 2.75) is 32.3 Å². The second-order valence-corrected chi connectivity index (χ2v) is 4.67. The van der Waals surface area contributed by atoms with Gasteiger partial charge in [0.25, 0.3) is 0 Å². The first-order valence-electron chi connectivity index (χ1n) is 6.59. The zero-order valence-corrected chi connectivity index (χ0v) is 11.8. The SMILES string of the molecule is CC#CCOc1cc(C(C)(O)C2=CCCC=C2)ncn1. The molecule has 0 saturated heterocycles. The fourth-order valence-electron chi connectivity index (χ4n) is 1.99. The molecule has 0 aliphatic heterocycles. The first-order valence-corrected chi connectivity index (χ1v) is 6.59. The van der Waals surface area contributed by atoms with Gasteiger partial charge in [-0.2, -0.15) is 0 Å². The Hall–Kier alpha value is -2.12. The van der Waals surface area contributed by atoms with E-state index < -0.39 is 5.60 Å². The minimum absolute atomic E-state index is 0.275. The normalized spacial score (nSPS) is 16.6. The van der Waals surface area contributed by atoms with Crippen LogP contribution in [-0.4, -0.2) is 21.7 Å². The lowest BCUT2D eigenvalue weighted by Crippen LogP contribution is -2.25. The lowest BCUT2D eigenvalue weighted by atomic mass is 9.88. The number of nitrogens with zero attached hydrogens (tertiary/aromatic N) is 2. The van der Waals surface area contributed by atoms with E-state index in [-0.39, 0.29) is 6.61 Å². The van der Waals surface area contributed by atoms with Crippen molar-refractivity contribution in [3.8, 4) is 17.7 Å². The first-order chi connectivity index (χ1) is 9.64. The van der Waals surface area contributed by atoms with Crippen LogP contribution in [0.3, 0.4) is 0 Å². The summed E-state index contributed by atoms with van der Waals surface area (Å²) in [5.74, 6) is 5.96. The molecule has 0 amide bonds. The van der Waals surface area contributed by atoms with Crippen molar-refractivity contribution >= 4 is 0 Å². The van der Waals surface area contributed by atoms with E-state index in [4.69, 9.17) is 4.74 Å². The van der Waals surface area contributed by atoms with Gasteiger partial charge in [0.05, 0.1) is 5.69 Å². The Morgan fingerprint density at radius 1 is 1.40 bits per heavy atom. The van der Waals surface area contributed by atoms with Crippen molar-refractivity contribution in [1.82, 2.24) is 9.97 Å². The van der Waals surface area contributed by atoms with Crippen molar-refractivity contribution in [2.24, 2.45) is 0 Å². The van der Waals surface area contributed by atoms with Crippen molar-refractivity contribution < 1.29 is 9.84 Å². The van der Waals surface area contributed by atoms with Gasteiger partial charge in [-0.1, -0.05) is 24.1 Å².